The van der Waals surface area contributed by atoms with E-state index in [1.54, 1.807) is 0 Å². The molecule has 6 nitrogen and oxygen atoms in total. The Kier molecular flexibility index (Phi) is 7.51. The predicted molar refractivity (Wildman–Crippen MR) is 106 cm³/mol. The lowest BCUT2D eigenvalue weighted by Crippen LogP contribution is -2.40. The number of hydrogen-bond donors (Lipinski definition) is 3. The molecule has 2 aromatic rings. The number of carbonyl (C=O) groups is 1. The molecule has 0 radical (unpaired) electrons. The van der Waals surface area contributed by atoms with Crippen LogP contribution in [0.3, 0.4) is 0 Å². The number of furan rings is 1. The van der Waals surface area contributed by atoms with Crippen molar-refractivity contribution >= 4 is 22.8 Å². The number of hydrogen-bond acceptors (Lipinski definition) is 3. The Morgan fingerprint density at radius 3 is 2.69 bits per heavy atom. The van der Waals surface area contributed by atoms with Crippen LogP contribution in [-0.4, -0.2) is 31.0 Å². The van der Waals surface area contributed by atoms with Gasteiger partial charge in [0.15, 0.2) is 5.96 Å². The maximum Gasteiger partial charge on any atom is 0.221 e. The second-order valence-corrected chi connectivity index (χ2v) is 6.40. The summed E-state index contributed by atoms with van der Waals surface area (Å²) in [6.07, 6.45) is 1.35. The molecule has 1 amide bonds. The van der Waals surface area contributed by atoms with Crippen molar-refractivity contribution in [2.45, 2.75) is 53.1 Å². The summed E-state index contributed by atoms with van der Waals surface area (Å²) in [4.78, 5) is 16.4. The third-order valence-electron chi connectivity index (χ3n) is 4.33. The topological polar surface area (TPSA) is 78.7 Å². The number of para-hydroxylation sites is 1. The number of benzene rings is 1. The van der Waals surface area contributed by atoms with Crippen molar-refractivity contribution in [2.75, 3.05) is 13.1 Å². The number of nitrogens with one attached hydrogen (secondary N) is 3. The van der Waals surface area contributed by atoms with Crippen molar-refractivity contribution in [1.82, 2.24) is 16.0 Å². The first-order valence-corrected chi connectivity index (χ1v) is 9.33. The largest absolute Gasteiger partial charge is 0.459 e. The molecule has 6 heteroatoms. The van der Waals surface area contributed by atoms with E-state index in [-0.39, 0.29) is 11.9 Å². The van der Waals surface area contributed by atoms with Crippen molar-refractivity contribution < 1.29 is 9.21 Å². The minimum Gasteiger partial charge on any atom is -0.459 e. The predicted octanol–water partition coefficient (Wildman–Crippen LogP) is 3.10. The zero-order valence-corrected chi connectivity index (χ0v) is 16.2. The van der Waals surface area contributed by atoms with Crippen LogP contribution in [0.5, 0.6) is 0 Å². The van der Waals surface area contributed by atoms with Crippen molar-refractivity contribution in [3.05, 3.63) is 35.6 Å². The van der Waals surface area contributed by atoms with Crippen LogP contribution in [0.25, 0.3) is 11.0 Å². The van der Waals surface area contributed by atoms with Gasteiger partial charge in [0.2, 0.25) is 5.91 Å². The molecule has 1 atom stereocenters. The van der Waals surface area contributed by atoms with E-state index >= 15 is 0 Å². The third kappa shape index (κ3) is 5.51. The van der Waals surface area contributed by atoms with Crippen LogP contribution < -0.4 is 16.0 Å². The Morgan fingerprint density at radius 2 is 2.00 bits per heavy atom. The summed E-state index contributed by atoms with van der Waals surface area (Å²) < 4.78 is 5.90. The molecular formula is C20H30N4O2. The van der Waals surface area contributed by atoms with E-state index in [4.69, 9.17) is 4.42 Å². The van der Waals surface area contributed by atoms with E-state index in [0.29, 0.717) is 25.5 Å². The lowest BCUT2D eigenvalue weighted by atomic mass is 10.1. The average Bonchev–Trinajstić information content (AvgIpc) is 2.95. The van der Waals surface area contributed by atoms with Crippen LogP contribution in [0.2, 0.25) is 0 Å². The molecule has 0 aliphatic heterocycles. The first-order valence-electron chi connectivity index (χ1n) is 9.33. The van der Waals surface area contributed by atoms with Crippen molar-refractivity contribution in [3.63, 3.8) is 0 Å². The molecule has 0 aliphatic rings. The minimum absolute atomic E-state index is 0.0517. The maximum atomic E-state index is 11.8. The van der Waals surface area contributed by atoms with Gasteiger partial charge in [-0.3, -0.25) is 4.79 Å². The highest BCUT2D eigenvalue weighted by Crippen LogP contribution is 2.25. The number of aryl methyl sites for hydroxylation is 1. The highest BCUT2D eigenvalue weighted by molar-refractivity contribution is 5.83. The number of nitrogens with zero attached hydrogens (tertiary/aromatic N) is 1. The first-order chi connectivity index (χ1) is 12.5. The molecule has 1 aromatic carbocycles. The van der Waals surface area contributed by atoms with E-state index in [2.05, 4.69) is 40.9 Å². The van der Waals surface area contributed by atoms with Gasteiger partial charge in [0.05, 0.1) is 0 Å². The standard InChI is InChI=1S/C20H30N4O2/c1-5-14(3)24-19(25)11-12-22-20(21-6-2)23-13-18-15(4)16-9-7-8-10-17(16)26-18/h7-10,14H,5-6,11-13H2,1-4H3,(H,24,25)(H2,21,22,23). The van der Waals surface area contributed by atoms with Crippen LogP contribution in [0.15, 0.2) is 33.7 Å². The Morgan fingerprint density at radius 1 is 1.23 bits per heavy atom. The highest BCUT2D eigenvalue weighted by Gasteiger charge is 2.10. The zero-order chi connectivity index (χ0) is 18.9. The summed E-state index contributed by atoms with van der Waals surface area (Å²) in [6.45, 7) is 9.87. The summed E-state index contributed by atoms with van der Waals surface area (Å²) in [5.74, 6) is 1.59. The average molecular weight is 358 g/mol. The molecule has 0 aliphatic carbocycles. The lowest BCUT2D eigenvalue weighted by Gasteiger charge is -2.13. The second kappa shape index (κ2) is 9.85. The summed E-state index contributed by atoms with van der Waals surface area (Å²) in [5.41, 5.74) is 2.00. The molecule has 0 fully saturated rings. The Hall–Kier alpha value is -2.50. The zero-order valence-electron chi connectivity index (χ0n) is 16.2. The number of amides is 1. The number of guanidine groups is 1. The van der Waals surface area contributed by atoms with E-state index in [1.807, 2.05) is 32.0 Å². The van der Waals surface area contributed by atoms with Gasteiger partial charge in [-0.05, 0) is 33.3 Å². The van der Waals surface area contributed by atoms with Crippen LogP contribution in [0.1, 0.15) is 44.9 Å². The number of aliphatic imine (C=N–C) groups is 1. The van der Waals surface area contributed by atoms with Crippen LogP contribution in [0.4, 0.5) is 0 Å². The van der Waals surface area contributed by atoms with Gasteiger partial charge in [-0.1, -0.05) is 25.1 Å². The van der Waals surface area contributed by atoms with Crippen LogP contribution >= 0.6 is 0 Å². The molecule has 1 unspecified atom stereocenters. The fourth-order valence-corrected chi connectivity index (χ4v) is 2.61. The molecule has 0 bridgehead atoms. The number of fused-ring (bicyclic) bond motifs is 1. The molecule has 142 valence electrons. The Bertz CT molecular complexity index is 751. The second-order valence-electron chi connectivity index (χ2n) is 6.40. The van der Waals surface area contributed by atoms with Crippen LogP contribution in [0, 0.1) is 6.92 Å². The van der Waals surface area contributed by atoms with Gasteiger partial charge in [0.25, 0.3) is 0 Å². The molecule has 3 N–H and O–H groups in total. The van der Waals surface area contributed by atoms with E-state index in [9.17, 15) is 4.79 Å². The van der Waals surface area contributed by atoms with Gasteiger partial charge in [0, 0.05) is 36.5 Å². The van der Waals surface area contributed by atoms with Gasteiger partial charge in [-0.15, -0.1) is 0 Å². The fraction of sp³-hybridized carbons (Fsp3) is 0.500. The lowest BCUT2D eigenvalue weighted by molar-refractivity contribution is -0.121. The summed E-state index contributed by atoms with van der Waals surface area (Å²) >= 11 is 0. The normalized spacial score (nSPS) is 12.8. The van der Waals surface area contributed by atoms with Gasteiger partial charge in [-0.25, -0.2) is 4.99 Å². The summed E-state index contributed by atoms with van der Waals surface area (Å²) in [6, 6.07) is 8.21. The number of rotatable bonds is 8. The van der Waals surface area contributed by atoms with E-state index < -0.39 is 0 Å². The van der Waals surface area contributed by atoms with Gasteiger partial charge >= 0.3 is 0 Å². The molecule has 2 rings (SSSR count). The third-order valence-corrected chi connectivity index (χ3v) is 4.33. The smallest absolute Gasteiger partial charge is 0.221 e. The Labute approximate surface area is 155 Å². The first kappa shape index (κ1) is 19.8. The highest BCUT2D eigenvalue weighted by atomic mass is 16.3. The van der Waals surface area contributed by atoms with E-state index in [0.717, 1.165) is 35.3 Å². The van der Waals surface area contributed by atoms with Gasteiger partial charge in [-0.2, -0.15) is 0 Å². The fourth-order valence-electron chi connectivity index (χ4n) is 2.61. The van der Waals surface area contributed by atoms with Gasteiger partial charge in [0.1, 0.15) is 17.9 Å². The molecule has 1 heterocycles. The molecular weight excluding hydrogens is 328 g/mol. The van der Waals surface area contributed by atoms with Crippen molar-refractivity contribution in [3.8, 4) is 0 Å². The summed E-state index contributed by atoms with van der Waals surface area (Å²) in [7, 11) is 0. The van der Waals surface area contributed by atoms with E-state index in [1.165, 1.54) is 0 Å². The molecule has 0 saturated carbocycles. The van der Waals surface area contributed by atoms with Crippen molar-refractivity contribution in [2.24, 2.45) is 4.99 Å². The molecule has 1 aromatic heterocycles. The molecule has 26 heavy (non-hydrogen) atoms. The molecule has 0 saturated heterocycles. The SMILES string of the molecule is CCNC(=NCc1oc2ccccc2c1C)NCCC(=O)NC(C)CC. The maximum absolute atomic E-state index is 11.8. The molecule has 0 spiro atoms. The monoisotopic (exact) mass is 358 g/mol. The quantitative estimate of drug-likeness (QED) is 0.500. The van der Waals surface area contributed by atoms with Crippen molar-refractivity contribution in [1.29, 1.82) is 0 Å². The summed E-state index contributed by atoms with van der Waals surface area (Å²) in [5, 5.41) is 10.5. The van der Waals surface area contributed by atoms with Gasteiger partial charge < -0.3 is 20.4 Å². The minimum atomic E-state index is 0.0517. The Balaban J connectivity index is 1.93. The van der Waals surface area contributed by atoms with Crippen LogP contribution in [-0.2, 0) is 11.3 Å². The number of carbonyl (C=O) groups excluding carboxylic acids is 1.